The molecule has 4 N–H and O–H groups in total. The van der Waals surface area contributed by atoms with Crippen molar-refractivity contribution < 1.29 is 4.39 Å². The fourth-order valence-corrected chi connectivity index (χ4v) is 1.57. The van der Waals surface area contributed by atoms with E-state index in [9.17, 15) is 4.39 Å². The third-order valence-electron chi connectivity index (χ3n) is 2.84. The van der Waals surface area contributed by atoms with E-state index in [4.69, 9.17) is 11.5 Å². The van der Waals surface area contributed by atoms with Crippen LogP contribution < -0.4 is 11.5 Å². The van der Waals surface area contributed by atoms with Crippen LogP contribution in [0.25, 0.3) is 0 Å². The third kappa shape index (κ3) is 3.01. The lowest BCUT2D eigenvalue weighted by atomic mass is 9.96. The van der Waals surface area contributed by atoms with Gasteiger partial charge < -0.3 is 11.5 Å². The molecule has 1 rings (SSSR count). The molecular formula is C12H19FN2. The highest BCUT2D eigenvalue weighted by molar-refractivity contribution is 5.31. The van der Waals surface area contributed by atoms with Crippen LogP contribution in [-0.2, 0) is 6.42 Å². The first-order valence-electron chi connectivity index (χ1n) is 5.24. The van der Waals surface area contributed by atoms with E-state index >= 15 is 0 Å². The van der Waals surface area contributed by atoms with Crippen molar-refractivity contribution in [1.29, 1.82) is 0 Å². The molecule has 15 heavy (non-hydrogen) atoms. The van der Waals surface area contributed by atoms with Gasteiger partial charge in [0.25, 0.3) is 0 Å². The lowest BCUT2D eigenvalue weighted by Crippen LogP contribution is -2.25. The first-order valence-corrected chi connectivity index (χ1v) is 5.24. The monoisotopic (exact) mass is 210 g/mol. The molecule has 0 saturated carbocycles. The number of aryl methyl sites for hydroxylation is 2. The summed E-state index contributed by atoms with van der Waals surface area (Å²) >= 11 is 0. The van der Waals surface area contributed by atoms with Crippen LogP contribution in [0.2, 0.25) is 0 Å². The predicted octanol–water partition coefficient (Wildman–Crippen LogP) is 1.52. The van der Waals surface area contributed by atoms with E-state index in [0.29, 0.717) is 19.5 Å². The second-order valence-electron chi connectivity index (χ2n) is 4.07. The van der Waals surface area contributed by atoms with Crippen LogP contribution in [-0.4, -0.2) is 13.1 Å². The summed E-state index contributed by atoms with van der Waals surface area (Å²) in [5.41, 5.74) is 13.9. The van der Waals surface area contributed by atoms with E-state index in [2.05, 4.69) is 0 Å². The van der Waals surface area contributed by atoms with Crippen molar-refractivity contribution in [1.82, 2.24) is 0 Å². The summed E-state index contributed by atoms with van der Waals surface area (Å²) in [5, 5.41) is 0. The molecule has 0 fully saturated rings. The average molecular weight is 210 g/mol. The maximum absolute atomic E-state index is 13.6. The highest BCUT2D eigenvalue weighted by Gasteiger charge is 2.10. The Hall–Kier alpha value is -0.930. The van der Waals surface area contributed by atoms with Crippen LogP contribution in [0.1, 0.15) is 16.7 Å². The Bertz CT molecular complexity index is 333. The molecule has 1 aromatic rings. The van der Waals surface area contributed by atoms with Gasteiger partial charge in [0.1, 0.15) is 5.82 Å². The second kappa shape index (κ2) is 5.24. The summed E-state index contributed by atoms with van der Waals surface area (Å²) < 4.78 is 13.6. The van der Waals surface area contributed by atoms with Crippen molar-refractivity contribution in [3.05, 3.63) is 34.6 Å². The number of benzene rings is 1. The number of halogens is 1. The Kier molecular flexibility index (Phi) is 4.24. The molecule has 0 radical (unpaired) electrons. The van der Waals surface area contributed by atoms with E-state index in [1.54, 1.807) is 6.07 Å². The minimum atomic E-state index is -0.148. The Balaban J connectivity index is 2.89. The third-order valence-corrected chi connectivity index (χ3v) is 2.84. The summed E-state index contributed by atoms with van der Waals surface area (Å²) in [6.07, 6.45) is 0.625. The Morgan fingerprint density at radius 2 is 1.67 bits per heavy atom. The number of rotatable bonds is 4. The maximum Gasteiger partial charge on any atom is 0.126 e. The minimum Gasteiger partial charge on any atom is -0.330 e. The second-order valence-corrected chi connectivity index (χ2v) is 4.07. The standard InChI is InChI=1S/C12H19FN2/c1-8-3-11(5-10(6-14)7-15)12(13)4-9(8)2/h3-4,10H,5-7,14-15H2,1-2H3. The molecule has 0 aromatic heterocycles. The van der Waals surface area contributed by atoms with Crippen molar-refractivity contribution in [2.75, 3.05) is 13.1 Å². The van der Waals surface area contributed by atoms with Gasteiger partial charge in [0.05, 0.1) is 0 Å². The average Bonchev–Trinajstić information content (AvgIpc) is 2.21. The molecule has 0 unspecified atom stereocenters. The van der Waals surface area contributed by atoms with Crippen molar-refractivity contribution in [3.63, 3.8) is 0 Å². The largest absolute Gasteiger partial charge is 0.330 e. The maximum atomic E-state index is 13.6. The molecule has 1 aromatic carbocycles. The summed E-state index contributed by atoms with van der Waals surface area (Å²) in [7, 11) is 0. The van der Waals surface area contributed by atoms with Gasteiger partial charge in [0, 0.05) is 0 Å². The summed E-state index contributed by atoms with van der Waals surface area (Å²) in [4.78, 5) is 0. The molecule has 0 amide bonds. The molecule has 0 heterocycles. The summed E-state index contributed by atoms with van der Waals surface area (Å²) in [6.45, 7) is 4.90. The lowest BCUT2D eigenvalue weighted by molar-refractivity contribution is 0.523. The van der Waals surface area contributed by atoms with Crippen LogP contribution in [0, 0.1) is 25.6 Å². The highest BCUT2D eigenvalue weighted by atomic mass is 19.1. The molecule has 0 saturated heterocycles. The van der Waals surface area contributed by atoms with Crippen LogP contribution >= 0.6 is 0 Å². The van der Waals surface area contributed by atoms with Gasteiger partial charge >= 0.3 is 0 Å². The fourth-order valence-electron chi connectivity index (χ4n) is 1.57. The van der Waals surface area contributed by atoms with Crippen LogP contribution in [0.15, 0.2) is 12.1 Å². The van der Waals surface area contributed by atoms with Crippen molar-refractivity contribution in [2.24, 2.45) is 17.4 Å². The molecule has 0 aliphatic carbocycles. The Labute approximate surface area is 90.5 Å². The van der Waals surface area contributed by atoms with Gasteiger partial charge in [-0.05, 0) is 62.0 Å². The topological polar surface area (TPSA) is 52.0 Å². The highest BCUT2D eigenvalue weighted by Crippen LogP contribution is 2.17. The van der Waals surface area contributed by atoms with Gasteiger partial charge in [0.15, 0.2) is 0 Å². The van der Waals surface area contributed by atoms with E-state index in [1.807, 2.05) is 19.9 Å². The lowest BCUT2D eigenvalue weighted by Gasteiger charge is -2.13. The van der Waals surface area contributed by atoms with E-state index < -0.39 is 0 Å². The predicted molar refractivity (Wildman–Crippen MR) is 61.2 cm³/mol. The molecule has 2 nitrogen and oxygen atoms in total. The van der Waals surface area contributed by atoms with Crippen LogP contribution in [0.4, 0.5) is 4.39 Å². The zero-order valence-electron chi connectivity index (χ0n) is 9.39. The van der Waals surface area contributed by atoms with E-state index in [-0.39, 0.29) is 11.7 Å². The Morgan fingerprint density at radius 1 is 1.13 bits per heavy atom. The smallest absolute Gasteiger partial charge is 0.126 e. The zero-order valence-corrected chi connectivity index (χ0v) is 9.39. The molecule has 0 aliphatic rings. The van der Waals surface area contributed by atoms with Crippen LogP contribution in [0.3, 0.4) is 0 Å². The summed E-state index contributed by atoms with van der Waals surface area (Å²) in [5.74, 6) is 0.0200. The minimum absolute atomic E-state index is 0.148. The van der Waals surface area contributed by atoms with E-state index in [0.717, 1.165) is 16.7 Å². The molecule has 84 valence electrons. The van der Waals surface area contributed by atoms with Crippen molar-refractivity contribution in [3.8, 4) is 0 Å². The Morgan fingerprint density at radius 3 is 2.20 bits per heavy atom. The summed E-state index contributed by atoms with van der Waals surface area (Å²) in [6, 6.07) is 3.47. The van der Waals surface area contributed by atoms with Gasteiger partial charge in [-0.2, -0.15) is 0 Å². The number of hydrogen-bond donors (Lipinski definition) is 2. The molecule has 0 spiro atoms. The van der Waals surface area contributed by atoms with Gasteiger partial charge in [0.2, 0.25) is 0 Å². The van der Waals surface area contributed by atoms with Gasteiger partial charge in [-0.3, -0.25) is 0 Å². The fraction of sp³-hybridized carbons (Fsp3) is 0.500. The SMILES string of the molecule is Cc1cc(F)c(CC(CN)CN)cc1C. The first kappa shape index (κ1) is 12.1. The normalized spacial score (nSPS) is 11.1. The van der Waals surface area contributed by atoms with Crippen molar-refractivity contribution in [2.45, 2.75) is 20.3 Å². The van der Waals surface area contributed by atoms with Crippen LogP contribution in [0.5, 0.6) is 0 Å². The van der Waals surface area contributed by atoms with Gasteiger partial charge in [-0.25, -0.2) is 4.39 Å². The molecular weight excluding hydrogens is 191 g/mol. The molecule has 0 aliphatic heterocycles. The van der Waals surface area contributed by atoms with Gasteiger partial charge in [-0.15, -0.1) is 0 Å². The number of hydrogen-bond acceptors (Lipinski definition) is 2. The number of nitrogens with two attached hydrogens (primary N) is 2. The van der Waals surface area contributed by atoms with Gasteiger partial charge in [-0.1, -0.05) is 6.07 Å². The molecule has 3 heteroatoms. The molecule has 0 atom stereocenters. The van der Waals surface area contributed by atoms with Crippen molar-refractivity contribution >= 4 is 0 Å². The molecule has 0 bridgehead atoms. The zero-order chi connectivity index (χ0) is 11.4. The van der Waals surface area contributed by atoms with E-state index in [1.165, 1.54) is 0 Å². The quantitative estimate of drug-likeness (QED) is 0.791. The first-order chi connectivity index (χ1) is 7.08.